The third-order valence-electron chi connectivity index (χ3n) is 4.81. The second-order valence-corrected chi connectivity index (χ2v) is 6.79. The first kappa shape index (κ1) is 18.9. The first-order valence-electron chi connectivity index (χ1n) is 9.57. The van der Waals surface area contributed by atoms with Crippen LogP contribution in [0.5, 0.6) is 0 Å². The van der Waals surface area contributed by atoms with E-state index in [1.165, 1.54) is 0 Å². The molecule has 1 fully saturated rings. The van der Waals surface area contributed by atoms with Crippen molar-refractivity contribution in [3.63, 3.8) is 0 Å². The molecule has 8 nitrogen and oxygen atoms in total. The zero-order chi connectivity index (χ0) is 20.1. The molecule has 0 aliphatic carbocycles. The van der Waals surface area contributed by atoms with Gasteiger partial charge in [-0.3, -0.25) is 10.2 Å². The number of hydrazine groups is 1. The van der Waals surface area contributed by atoms with Gasteiger partial charge in [-0.15, -0.1) is 0 Å². The second kappa shape index (κ2) is 8.74. The lowest BCUT2D eigenvalue weighted by Gasteiger charge is -2.23. The van der Waals surface area contributed by atoms with E-state index in [-0.39, 0.29) is 12.8 Å². The number of nitrogens with one attached hydrogen (secondary N) is 2. The molecule has 0 radical (unpaired) electrons. The van der Waals surface area contributed by atoms with E-state index in [1.807, 2.05) is 41.1 Å². The molecule has 0 bridgehead atoms. The average molecular weight is 394 g/mol. The Kier molecular flexibility index (Phi) is 5.71. The van der Waals surface area contributed by atoms with E-state index in [4.69, 9.17) is 9.47 Å². The molecule has 2 aromatic carbocycles. The molecule has 1 aliphatic rings. The van der Waals surface area contributed by atoms with E-state index >= 15 is 0 Å². The monoisotopic (exact) mass is 394 g/mol. The van der Waals surface area contributed by atoms with Crippen molar-refractivity contribution in [1.82, 2.24) is 20.6 Å². The van der Waals surface area contributed by atoms with Crippen molar-refractivity contribution < 1.29 is 19.1 Å². The van der Waals surface area contributed by atoms with Crippen LogP contribution in [0, 0.1) is 0 Å². The lowest BCUT2D eigenvalue weighted by molar-refractivity contribution is -0.0366. The number of carbonyl (C=O) groups excluding carboxylic acids is 2. The minimum absolute atomic E-state index is 0.117. The van der Waals surface area contributed by atoms with E-state index in [0.29, 0.717) is 17.6 Å². The molecule has 1 saturated heterocycles. The van der Waals surface area contributed by atoms with E-state index in [1.54, 1.807) is 18.3 Å². The van der Waals surface area contributed by atoms with Crippen molar-refractivity contribution in [3.8, 4) is 0 Å². The molecule has 1 aromatic heterocycles. The van der Waals surface area contributed by atoms with Crippen LogP contribution in [0.2, 0.25) is 0 Å². The lowest BCUT2D eigenvalue weighted by Crippen LogP contribution is -2.41. The number of rotatable bonds is 4. The Morgan fingerprint density at radius 1 is 1.10 bits per heavy atom. The molecule has 2 heterocycles. The van der Waals surface area contributed by atoms with Crippen LogP contribution >= 0.6 is 0 Å². The number of fused-ring (bicyclic) bond motifs is 1. The summed E-state index contributed by atoms with van der Waals surface area (Å²) in [6, 6.07) is 14.7. The molecule has 2 amide bonds. The lowest BCUT2D eigenvalue weighted by atomic mass is 10.1. The minimum atomic E-state index is -0.735. The normalized spacial score (nSPS) is 16.3. The van der Waals surface area contributed by atoms with Crippen molar-refractivity contribution >= 4 is 22.9 Å². The number of ether oxygens (including phenoxy) is 2. The topological polar surface area (TPSA) is 94.5 Å². The summed E-state index contributed by atoms with van der Waals surface area (Å²) >= 11 is 0. The SMILES string of the molecule is O=C(NNC(=O)c1cccc2c1cnn2C1CCCCO1)OCc1ccccc1. The highest BCUT2D eigenvalue weighted by molar-refractivity contribution is 6.06. The molecule has 150 valence electrons. The van der Waals surface area contributed by atoms with E-state index in [0.717, 1.165) is 30.3 Å². The molecule has 8 heteroatoms. The quantitative estimate of drug-likeness (QED) is 0.662. The Balaban J connectivity index is 1.39. The largest absolute Gasteiger partial charge is 0.443 e. The summed E-state index contributed by atoms with van der Waals surface area (Å²) < 4.78 is 12.7. The van der Waals surface area contributed by atoms with Crippen LogP contribution in [0.4, 0.5) is 4.79 Å². The van der Waals surface area contributed by atoms with Crippen LogP contribution in [0.15, 0.2) is 54.7 Å². The number of aromatic nitrogens is 2. The van der Waals surface area contributed by atoms with Crippen LogP contribution < -0.4 is 10.9 Å². The van der Waals surface area contributed by atoms with Gasteiger partial charge in [-0.2, -0.15) is 5.10 Å². The van der Waals surface area contributed by atoms with Crippen LogP contribution in [0.25, 0.3) is 10.9 Å². The number of benzene rings is 2. The molecule has 29 heavy (non-hydrogen) atoms. The molecule has 0 saturated carbocycles. The fraction of sp³-hybridized carbons (Fsp3) is 0.286. The Morgan fingerprint density at radius 3 is 2.76 bits per heavy atom. The van der Waals surface area contributed by atoms with Crippen LogP contribution in [0.3, 0.4) is 0 Å². The average Bonchev–Trinajstić information content (AvgIpc) is 3.21. The number of amides is 2. The van der Waals surface area contributed by atoms with Gasteiger partial charge in [-0.05, 0) is 37.0 Å². The summed E-state index contributed by atoms with van der Waals surface area (Å²) in [5.74, 6) is -0.448. The molecule has 3 aromatic rings. The Hall–Kier alpha value is -3.39. The van der Waals surface area contributed by atoms with Gasteiger partial charge in [-0.1, -0.05) is 36.4 Å². The first-order chi connectivity index (χ1) is 14.2. The molecule has 1 unspecified atom stereocenters. The number of hydrogen-bond donors (Lipinski definition) is 2. The molecular weight excluding hydrogens is 372 g/mol. The van der Waals surface area contributed by atoms with Crippen LogP contribution in [0.1, 0.15) is 41.4 Å². The van der Waals surface area contributed by atoms with Gasteiger partial charge in [0, 0.05) is 12.0 Å². The van der Waals surface area contributed by atoms with Gasteiger partial charge < -0.3 is 9.47 Å². The molecule has 1 atom stereocenters. The second-order valence-electron chi connectivity index (χ2n) is 6.79. The summed E-state index contributed by atoms with van der Waals surface area (Å²) in [5, 5.41) is 5.11. The van der Waals surface area contributed by atoms with Crippen LogP contribution in [-0.4, -0.2) is 28.4 Å². The van der Waals surface area contributed by atoms with E-state index in [2.05, 4.69) is 16.0 Å². The van der Waals surface area contributed by atoms with Gasteiger partial charge in [0.25, 0.3) is 5.91 Å². The van der Waals surface area contributed by atoms with Gasteiger partial charge in [-0.25, -0.2) is 14.9 Å². The zero-order valence-electron chi connectivity index (χ0n) is 15.8. The Morgan fingerprint density at radius 2 is 1.97 bits per heavy atom. The summed E-state index contributed by atoms with van der Waals surface area (Å²) in [6.07, 6.45) is 3.82. The number of hydrogen-bond acceptors (Lipinski definition) is 5. The summed E-state index contributed by atoms with van der Waals surface area (Å²) in [7, 11) is 0. The molecular formula is C21H22N4O4. The van der Waals surface area contributed by atoms with Gasteiger partial charge in [0.1, 0.15) is 6.61 Å². The van der Waals surface area contributed by atoms with Crippen molar-refractivity contribution in [2.45, 2.75) is 32.1 Å². The summed E-state index contributed by atoms with van der Waals surface area (Å²) in [4.78, 5) is 24.4. The van der Waals surface area contributed by atoms with Gasteiger partial charge in [0.05, 0.1) is 17.3 Å². The van der Waals surface area contributed by atoms with Gasteiger partial charge in [0.2, 0.25) is 0 Å². The maximum Gasteiger partial charge on any atom is 0.426 e. The highest BCUT2D eigenvalue weighted by atomic mass is 16.6. The molecule has 1 aliphatic heterocycles. The third kappa shape index (κ3) is 4.38. The van der Waals surface area contributed by atoms with Crippen molar-refractivity contribution in [2.24, 2.45) is 0 Å². The maximum atomic E-state index is 12.6. The molecule has 2 N–H and O–H groups in total. The predicted molar refractivity (Wildman–Crippen MR) is 106 cm³/mol. The summed E-state index contributed by atoms with van der Waals surface area (Å²) in [6.45, 7) is 0.827. The van der Waals surface area contributed by atoms with Crippen molar-refractivity contribution in [2.75, 3.05) is 6.61 Å². The van der Waals surface area contributed by atoms with Crippen molar-refractivity contribution in [1.29, 1.82) is 0 Å². The zero-order valence-corrected chi connectivity index (χ0v) is 15.8. The fourth-order valence-electron chi connectivity index (χ4n) is 3.35. The standard InChI is InChI=1S/C21H22N4O4/c26-20(23-24-21(27)29-14-15-7-2-1-3-8-15)16-9-6-10-18-17(16)13-22-25(18)19-11-4-5-12-28-19/h1-3,6-10,13,19H,4-5,11-12,14H2,(H,23,26)(H,24,27). The first-order valence-corrected chi connectivity index (χ1v) is 9.57. The van der Waals surface area contributed by atoms with E-state index < -0.39 is 12.0 Å². The molecule has 4 rings (SSSR count). The predicted octanol–water partition coefficient (Wildman–Crippen LogP) is 3.31. The number of carbonyl (C=O) groups is 2. The van der Waals surface area contributed by atoms with Crippen molar-refractivity contribution in [3.05, 3.63) is 65.9 Å². The van der Waals surface area contributed by atoms with Gasteiger partial charge in [0.15, 0.2) is 6.23 Å². The van der Waals surface area contributed by atoms with Gasteiger partial charge >= 0.3 is 6.09 Å². The summed E-state index contributed by atoms with van der Waals surface area (Å²) in [5.41, 5.74) is 6.74. The third-order valence-corrected chi connectivity index (χ3v) is 4.81. The Bertz CT molecular complexity index is 996. The van der Waals surface area contributed by atoms with Crippen LogP contribution in [-0.2, 0) is 16.1 Å². The maximum absolute atomic E-state index is 12.6. The minimum Gasteiger partial charge on any atom is -0.443 e. The Labute approximate surface area is 167 Å². The highest BCUT2D eigenvalue weighted by Crippen LogP contribution is 2.27. The smallest absolute Gasteiger partial charge is 0.426 e. The fourth-order valence-corrected chi connectivity index (χ4v) is 3.35. The highest BCUT2D eigenvalue weighted by Gasteiger charge is 2.20. The van der Waals surface area contributed by atoms with E-state index in [9.17, 15) is 9.59 Å². The number of nitrogens with zero attached hydrogens (tertiary/aromatic N) is 2. The molecule has 0 spiro atoms.